The van der Waals surface area contributed by atoms with Gasteiger partial charge in [0.1, 0.15) is 11.7 Å². The summed E-state index contributed by atoms with van der Waals surface area (Å²) < 4.78 is 10.2. The Balaban J connectivity index is 2.12. The normalized spacial score (nSPS) is 21.0. The van der Waals surface area contributed by atoms with Crippen LogP contribution in [-0.2, 0) is 14.3 Å². The largest absolute Gasteiger partial charge is 0.497 e. The van der Waals surface area contributed by atoms with Crippen LogP contribution in [0.3, 0.4) is 0 Å². The van der Waals surface area contributed by atoms with Crippen LogP contribution in [0.2, 0.25) is 0 Å². The molecule has 0 aromatic heterocycles. The molecular weight excluding hydrogens is 282 g/mol. The highest BCUT2D eigenvalue weighted by Crippen LogP contribution is 2.29. The lowest BCUT2D eigenvalue weighted by Crippen LogP contribution is -2.34. The molecule has 0 saturated carbocycles. The van der Waals surface area contributed by atoms with E-state index in [1.165, 1.54) is 6.08 Å². The Hall–Kier alpha value is -2.30. The van der Waals surface area contributed by atoms with Crippen molar-refractivity contribution in [3.63, 3.8) is 0 Å². The zero-order valence-corrected chi connectivity index (χ0v) is 13.1. The van der Waals surface area contributed by atoms with E-state index >= 15 is 0 Å². The fourth-order valence-corrected chi connectivity index (χ4v) is 2.62. The number of methoxy groups -OCH3 is 1. The molecule has 5 nitrogen and oxygen atoms in total. The van der Waals surface area contributed by atoms with Gasteiger partial charge in [-0.3, -0.25) is 9.59 Å². The standard InChI is InChI=1S/C17H21NO4/c1-4-22-17(20)16-11(2)8-13(10-15(16)19)18-12-6-5-7-14(9-12)21-3/h5-7,9-11,16,18H,4,8H2,1-3H3/t11-,16+/m1/s1. The van der Waals surface area contributed by atoms with Crippen molar-refractivity contribution in [1.29, 1.82) is 0 Å². The summed E-state index contributed by atoms with van der Waals surface area (Å²) in [4.78, 5) is 24.1. The Bertz CT molecular complexity index is 594. The van der Waals surface area contributed by atoms with Crippen LogP contribution in [0, 0.1) is 11.8 Å². The highest BCUT2D eigenvalue weighted by molar-refractivity contribution is 6.06. The first-order valence-electron chi connectivity index (χ1n) is 7.37. The number of allylic oxidation sites excluding steroid dienone is 2. The van der Waals surface area contributed by atoms with E-state index < -0.39 is 11.9 Å². The number of ketones is 1. The van der Waals surface area contributed by atoms with Gasteiger partial charge in [-0.1, -0.05) is 13.0 Å². The quantitative estimate of drug-likeness (QED) is 0.669. The van der Waals surface area contributed by atoms with Crippen LogP contribution in [0.15, 0.2) is 36.0 Å². The summed E-state index contributed by atoms with van der Waals surface area (Å²) in [5.74, 6) is -0.690. The van der Waals surface area contributed by atoms with Gasteiger partial charge in [0.2, 0.25) is 0 Å². The lowest BCUT2D eigenvalue weighted by Gasteiger charge is -2.26. The van der Waals surface area contributed by atoms with Crippen molar-refractivity contribution in [3.05, 3.63) is 36.0 Å². The molecule has 0 amide bonds. The van der Waals surface area contributed by atoms with Gasteiger partial charge >= 0.3 is 5.97 Å². The van der Waals surface area contributed by atoms with Crippen molar-refractivity contribution >= 4 is 17.4 Å². The molecule has 1 aromatic carbocycles. The number of rotatable bonds is 5. The first-order chi connectivity index (χ1) is 10.5. The van der Waals surface area contributed by atoms with Crippen LogP contribution in [0.1, 0.15) is 20.3 Å². The van der Waals surface area contributed by atoms with Crippen molar-refractivity contribution in [2.75, 3.05) is 19.0 Å². The molecule has 22 heavy (non-hydrogen) atoms. The Labute approximate surface area is 130 Å². The van der Waals surface area contributed by atoms with Gasteiger partial charge in [0.25, 0.3) is 0 Å². The highest BCUT2D eigenvalue weighted by Gasteiger charge is 2.36. The van der Waals surface area contributed by atoms with E-state index in [-0.39, 0.29) is 18.3 Å². The third-order valence-electron chi connectivity index (χ3n) is 3.65. The molecule has 0 bridgehead atoms. The minimum absolute atomic E-state index is 0.0929. The molecule has 1 N–H and O–H groups in total. The van der Waals surface area contributed by atoms with E-state index in [2.05, 4.69) is 5.32 Å². The first-order valence-corrected chi connectivity index (χ1v) is 7.37. The van der Waals surface area contributed by atoms with E-state index in [0.717, 1.165) is 17.1 Å². The van der Waals surface area contributed by atoms with Crippen LogP contribution in [0.5, 0.6) is 5.75 Å². The molecule has 0 unspecified atom stereocenters. The fraction of sp³-hybridized carbons (Fsp3) is 0.412. The van der Waals surface area contributed by atoms with Gasteiger partial charge < -0.3 is 14.8 Å². The number of hydrogen-bond acceptors (Lipinski definition) is 5. The van der Waals surface area contributed by atoms with Crippen LogP contribution < -0.4 is 10.1 Å². The van der Waals surface area contributed by atoms with Gasteiger partial charge in [0.15, 0.2) is 5.78 Å². The minimum Gasteiger partial charge on any atom is -0.497 e. The number of carbonyl (C=O) groups excluding carboxylic acids is 2. The fourth-order valence-electron chi connectivity index (χ4n) is 2.62. The second kappa shape index (κ2) is 7.11. The van der Waals surface area contributed by atoms with Crippen LogP contribution in [-0.4, -0.2) is 25.5 Å². The molecule has 0 aliphatic heterocycles. The number of carbonyl (C=O) groups is 2. The minimum atomic E-state index is -0.698. The molecule has 0 radical (unpaired) electrons. The molecule has 2 atom stereocenters. The topological polar surface area (TPSA) is 64.6 Å². The van der Waals surface area contributed by atoms with Crippen molar-refractivity contribution in [2.45, 2.75) is 20.3 Å². The number of ether oxygens (including phenoxy) is 2. The van der Waals surface area contributed by atoms with Gasteiger partial charge in [-0.2, -0.15) is 0 Å². The zero-order chi connectivity index (χ0) is 16.1. The van der Waals surface area contributed by atoms with Crippen LogP contribution in [0.25, 0.3) is 0 Å². The maximum atomic E-state index is 12.2. The van der Waals surface area contributed by atoms with Gasteiger partial charge in [-0.05, 0) is 31.4 Å². The molecule has 0 heterocycles. The van der Waals surface area contributed by atoms with E-state index in [4.69, 9.17) is 9.47 Å². The molecule has 5 heteroatoms. The molecule has 118 valence electrons. The third-order valence-corrected chi connectivity index (χ3v) is 3.65. The van der Waals surface area contributed by atoms with Crippen LogP contribution >= 0.6 is 0 Å². The molecule has 0 saturated heterocycles. The van der Waals surface area contributed by atoms with Crippen molar-refractivity contribution in [1.82, 2.24) is 0 Å². The zero-order valence-electron chi connectivity index (χ0n) is 13.1. The van der Waals surface area contributed by atoms with Gasteiger partial charge in [0, 0.05) is 23.5 Å². The van der Waals surface area contributed by atoms with Gasteiger partial charge in [-0.25, -0.2) is 0 Å². The lowest BCUT2D eigenvalue weighted by atomic mass is 9.82. The monoisotopic (exact) mass is 303 g/mol. The smallest absolute Gasteiger partial charge is 0.317 e. The number of nitrogens with one attached hydrogen (secondary N) is 1. The molecule has 0 spiro atoms. The average Bonchev–Trinajstić information content (AvgIpc) is 2.47. The van der Waals surface area contributed by atoms with Gasteiger partial charge in [0.05, 0.1) is 13.7 Å². The maximum Gasteiger partial charge on any atom is 0.317 e. The Morgan fingerprint density at radius 3 is 2.82 bits per heavy atom. The molecule has 1 aliphatic carbocycles. The van der Waals surface area contributed by atoms with Crippen molar-refractivity contribution < 1.29 is 19.1 Å². The molecule has 0 fully saturated rings. The third kappa shape index (κ3) is 3.67. The van der Waals surface area contributed by atoms with E-state index in [1.54, 1.807) is 14.0 Å². The summed E-state index contributed by atoms with van der Waals surface area (Å²) >= 11 is 0. The highest BCUT2D eigenvalue weighted by atomic mass is 16.5. The summed E-state index contributed by atoms with van der Waals surface area (Å²) in [5.41, 5.74) is 1.64. The summed E-state index contributed by atoms with van der Waals surface area (Å²) in [7, 11) is 1.61. The number of anilines is 1. The second-order valence-electron chi connectivity index (χ2n) is 5.34. The van der Waals surface area contributed by atoms with Crippen LogP contribution in [0.4, 0.5) is 5.69 Å². The van der Waals surface area contributed by atoms with E-state index in [1.807, 2.05) is 31.2 Å². The summed E-state index contributed by atoms with van der Waals surface area (Å²) in [6.45, 7) is 3.91. The SMILES string of the molecule is CCOC(=O)[C@@H]1C(=O)C=C(Nc2cccc(OC)c2)C[C@H]1C. The number of hydrogen-bond donors (Lipinski definition) is 1. The van der Waals surface area contributed by atoms with E-state index in [9.17, 15) is 9.59 Å². The van der Waals surface area contributed by atoms with Gasteiger partial charge in [-0.15, -0.1) is 0 Å². The Morgan fingerprint density at radius 2 is 2.18 bits per heavy atom. The second-order valence-corrected chi connectivity index (χ2v) is 5.34. The average molecular weight is 303 g/mol. The Morgan fingerprint density at radius 1 is 1.41 bits per heavy atom. The van der Waals surface area contributed by atoms with Crippen molar-refractivity contribution in [2.24, 2.45) is 11.8 Å². The predicted molar refractivity (Wildman–Crippen MR) is 83.6 cm³/mol. The Kier molecular flexibility index (Phi) is 5.20. The molecule has 1 aromatic rings. The summed E-state index contributed by atoms with van der Waals surface area (Å²) in [6.07, 6.45) is 2.12. The predicted octanol–water partition coefficient (Wildman–Crippen LogP) is 2.78. The first kappa shape index (κ1) is 16.1. The van der Waals surface area contributed by atoms with E-state index in [0.29, 0.717) is 6.42 Å². The van der Waals surface area contributed by atoms with Crippen molar-refractivity contribution in [3.8, 4) is 5.75 Å². The number of benzene rings is 1. The molecule has 1 aliphatic rings. The molecule has 2 rings (SSSR count). The molecular formula is C17H21NO4. The number of esters is 1. The summed E-state index contributed by atoms with van der Waals surface area (Å²) in [5, 5.41) is 3.22. The lowest BCUT2D eigenvalue weighted by molar-refractivity contribution is -0.152. The maximum absolute atomic E-state index is 12.2. The summed E-state index contributed by atoms with van der Waals surface area (Å²) in [6, 6.07) is 7.48.